The van der Waals surface area contributed by atoms with Crippen molar-refractivity contribution in [3.63, 3.8) is 0 Å². The molecule has 0 spiro atoms. The van der Waals surface area contributed by atoms with Crippen molar-refractivity contribution in [2.24, 2.45) is 0 Å². The maximum Gasteiger partial charge on any atom is 0.270 e. The zero-order valence-electron chi connectivity index (χ0n) is 20.5. The predicted molar refractivity (Wildman–Crippen MR) is 137 cm³/mol. The molecule has 0 radical (unpaired) electrons. The molecule has 5 rings (SSSR count). The summed E-state index contributed by atoms with van der Waals surface area (Å²) in [4.78, 5) is 37.4. The SMILES string of the molecule is COc1cc(F)cnc1N1CCN(C(=O)c2cc3c(Cl)cc(C4=CCCN(C(C)=O)C4)c(F)c3[nH]2)CC1. The van der Waals surface area contributed by atoms with Crippen molar-refractivity contribution in [1.82, 2.24) is 19.8 Å². The Hall–Kier alpha value is -3.66. The second kappa shape index (κ2) is 10.0. The molecule has 1 fully saturated rings. The lowest BCUT2D eigenvalue weighted by Crippen LogP contribution is -2.49. The molecular formula is C26H26ClF2N5O3. The number of hydrogen-bond donors (Lipinski definition) is 1. The topological polar surface area (TPSA) is 81.8 Å². The smallest absolute Gasteiger partial charge is 0.270 e. The minimum Gasteiger partial charge on any atom is -0.493 e. The van der Waals surface area contributed by atoms with Gasteiger partial charge in [-0.1, -0.05) is 17.7 Å². The first-order valence-electron chi connectivity index (χ1n) is 12.0. The van der Waals surface area contributed by atoms with E-state index in [0.29, 0.717) is 78.8 Å². The van der Waals surface area contributed by atoms with Crippen LogP contribution in [-0.4, -0.2) is 78.0 Å². The van der Waals surface area contributed by atoms with Crippen LogP contribution in [0.15, 0.2) is 30.5 Å². The molecule has 0 unspecified atom stereocenters. The maximum atomic E-state index is 15.6. The van der Waals surface area contributed by atoms with Gasteiger partial charge >= 0.3 is 0 Å². The first-order valence-corrected chi connectivity index (χ1v) is 12.3. The van der Waals surface area contributed by atoms with Gasteiger partial charge in [0.25, 0.3) is 5.91 Å². The van der Waals surface area contributed by atoms with Gasteiger partial charge in [0.05, 0.1) is 23.8 Å². The summed E-state index contributed by atoms with van der Waals surface area (Å²) in [5.41, 5.74) is 1.40. The summed E-state index contributed by atoms with van der Waals surface area (Å²) in [6, 6.07) is 4.40. The van der Waals surface area contributed by atoms with E-state index in [4.69, 9.17) is 16.3 Å². The van der Waals surface area contributed by atoms with Gasteiger partial charge < -0.3 is 24.4 Å². The van der Waals surface area contributed by atoms with E-state index in [2.05, 4.69) is 9.97 Å². The van der Waals surface area contributed by atoms with E-state index in [0.717, 1.165) is 6.20 Å². The summed E-state index contributed by atoms with van der Waals surface area (Å²) in [7, 11) is 1.45. The number of pyridine rings is 1. The number of anilines is 1. The Morgan fingerprint density at radius 1 is 1.08 bits per heavy atom. The monoisotopic (exact) mass is 529 g/mol. The highest BCUT2D eigenvalue weighted by atomic mass is 35.5. The van der Waals surface area contributed by atoms with Crippen LogP contribution in [0, 0.1) is 11.6 Å². The van der Waals surface area contributed by atoms with Gasteiger partial charge in [0.1, 0.15) is 11.5 Å². The zero-order valence-corrected chi connectivity index (χ0v) is 21.2. The van der Waals surface area contributed by atoms with E-state index >= 15 is 4.39 Å². The van der Waals surface area contributed by atoms with Gasteiger partial charge in [-0.3, -0.25) is 9.59 Å². The van der Waals surface area contributed by atoms with Crippen LogP contribution in [0.5, 0.6) is 5.75 Å². The highest BCUT2D eigenvalue weighted by Crippen LogP contribution is 2.34. The lowest BCUT2D eigenvalue weighted by atomic mass is 9.99. The molecular weight excluding hydrogens is 504 g/mol. The minimum absolute atomic E-state index is 0.0697. The quantitative estimate of drug-likeness (QED) is 0.550. The minimum atomic E-state index is -0.505. The highest BCUT2D eigenvalue weighted by molar-refractivity contribution is 6.36. The molecule has 4 heterocycles. The van der Waals surface area contributed by atoms with E-state index in [1.54, 1.807) is 21.9 Å². The molecule has 0 bridgehead atoms. The summed E-state index contributed by atoms with van der Waals surface area (Å²) in [5, 5.41) is 0.742. The average Bonchev–Trinajstić information content (AvgIpc) is 3.37. The molecule has 1 saturated heterocycles. The highest BCUT2D eigenvalue weighted by Gasteiger charge is 2.27. The van der Waals surface area contributed by atoms with E-state index in [1.807, 2.05) is 11.0 Å². The standard InChI is InChI=1S/C26H26ClF2N5O3/c1-15(35)34-5-3-4-16(14-34)18-11-20(27)19-12-21(31-24(19)23(18)29)26(36)33-8-6-32(7-9-33)25-22(37-2)10-17(28)13-30-25/h4,10-13,31H,3,5-9,14H2,1-2H3. The second-order valence-electron chi connectivity index (χ2n) is 9.11. The van der Waals surface area contributed by atoms with Gasteiger partial charge in [0, 0.05) is 63.2 Å². The van der Waals surface area contributed by atoms with Crippen LogP contribution in [0.4, 0.5) is 14.6 Å². The normalized spacial score (nSPS) is 16.2. The van der Waals surface area contributed by atoms with Crippen LogP contribution >= 0.6 is 11.6 Å². The lowest BCUT2D eigenvalue weighted by Gasteiger charge is -2.35. The number of rotatable bonds is 4. The number of aromatic nitrogens is 2. The number of carbonyl (C=O) groups excluding carboxylic acids is 2. The van der Waals surface area contributed by atoms with Gasteiger partial charge in [0.2, 0.25) is 5.91 Å². The van der Waals surface area contributed by atoms with Gasteiger partial charge in [-0.25, -0.2) is 13.8 Å². The summed E-state index contributed by atoms with van der Waals surface area (Å²) in [5.74, 6) is -0.488. The number of halogens is 3. The molecule has 2 aliphatic rings. The molecule has 0 aliphatic carbocycles. The van der Waals surface area contributed by atoms with Crippen molar-refractivity contribution in [2.75, 3.05) is 51.3 Å². The van der Waals surface area contributed by atoms with E-state index in [9.17, 15) is 14.0 Å². The van der Waals surface area contributed by atoms with Gasteiger partial charge in [-0.15, -0.1) is 0 Å². The molecule has 11 heteroatoms. The predicted octanol–water partition coefficient (Wildman–Crippen LogP) is 4.10. The van der Waals surface area contributed by atoms with Crippen molar-refractivity contribution < 1.29 is 23.1 Å². The molecule has 0 atom stereocenters. The Morgan fingerprint density at radius 2 is 1.84 bits per heavy atom. The Bertz CT molecular complexity index is 1410. The molecule has 0 saturated carbocycles. The summed E-state index contributed by atoms with van der Waals surface area (Å²) < 4.78 is 34.4. The van der Waals surface area contributed by atoms with Crippen LogP contribution in [0.2, 0.25) is 5.02 Å². The number of ether oxygens (including phenoxy) is 1. The number of piperazine rings is 1. The Kier molecular flexibility index (Phi) is 6.76. The van der Waals surface area contributed by atoms with Crippen LogP contribution in [0.1, 0.15) is 29.4 Å². The lowest BCUT2D eigenvalue weighted by molar-refractivity contribution is -0.128. The Balaban J connectivity index is 1.36. The number of carbonyl (C=O) groups is 2. The number of H-pyrrole nitrogens is 1. The maximum absolute atomic E-state index is 15.6. The van der Waals surface area contributed by atoms with Crippen LogP contribution < -0.4 is 9.64 Å². The van der Waals surface area contributed by atoms with Crippen LogP contribution in [-0.2, 0) is 4.79 Å². The fourth-order valence-corrected chi connectivity index (χ4v) is 5.13. The number of fused-ring (bicyclic) bond motifs is 1. The first kappa shape index (κ1) is 25.0. The average molecular weight is 530 g/mol. The molecule has 1 N–H and O–H groups in total. The zero-order chi connectivity index (χ0) is 26.3. The first-order chi connectivity index (χ1) is 17.8. The molecule has 2 aromatic heterocycles. The molecule has 37 heavy (non-hydrogen) atoms. The molecule has 194 valence electrons. The van der Waals surface area contributed by atoms with Crippen molar-refractivity contribution in [1.29, 1.82) is 0 Å². The molecule has 1 aromatic carbocycles. The third kappa shape index (κ3) is 4.73. The van der Waals surface area contributed by atoms with Gasteiger partial charge in [0.15, 0.2) is 17.4 Å². The number of amides is 2. The molecule has 3 aromatic rings. The largest absolute Gasteiger partial charge is 0.493 e. The number of methoxy groups -OCH3 is 1. The molecule has 8 nitrogen and oxygen atoms in total. The Morgan fingerprint density at radius 3 is 2.54 bits per heavy atom. The number of nitrogens with one attached hydrogen (secondary N) is 1. The third-order valence-corrected chi connectivity index (χ3v) is 7.17. The van der Waals surface area contributed by atoms with Crippen LogP contribution in [0.25, 0.3) is 16.5 Å². The van der Waals surface area contributed by atoms with Gasteiger partial charge in [-0.2, -0.15) is 0 Å². The summed E-state index contributed by atoms with van der Waals surface area (Å²) in [6.45, 7) is 4.12. The molecule has 2 aliphatic heterocycles. The summed E-state index contributed by atoms with van der Waals surface area (Å²) in [6.07, 6.45) is 3.68. The number of nitrogens with zero attached hydrogens (tertiary/aromatic N) is 4. The fourth-order valence-electron chi connectivity index (χ4n) is 4.87. The van der Waals surface area contributed by atoms with Gasteiger partial charge in [-0.05, 0) is 24.1 Å². The van der Waals surface area contributed by atoms with Crippen molar-refractivity contribution in [3.05, 3.63) is 58.4 Å². The van der Waals surface area contributed by atoms with Crippen LogP contribution in [0.3, 0.4) is 0 Å². The summed E-state index contributed by atoms with van der Waals surface area (Å²) >= 11 is 6.51. The Labute approximate surface area is 217 Å². The molecule has 2 amide bonds. The number of hydrogen-bond acceptors (Lipinski definition) is 5. The number of aromatic amines is 1. The van der Waals surface area contributed by atoms with Crippen molar-refractivity contribution >= 4 is 45.7 Å². The third-order valence-electron chi connectivity index (χ3n) is 6.86. The number of benzene rings is 1. The van der Waals surface area contributed by atoms with E-state index in [-0.39, 0.29) is 23.0 Å². The second-order valence-corrected chi connectivity index (χ2v) is 9.52. The fraction of sp³-hybridized carbons (Fsp3) is 0.346. The van der Waals surface area contributed by atoms with E-state index < -0.39 is 11.6 Å². The van der Waals surface area contributed by atoms with Crippen molar-refractivity contribution in [3.8, 4) is 5.75 Å². The van der Waals surface area contributed by atoms with E-state index in [1.165, 1.54) is 20.1 Å². The van der Waals surface area contributed by atoms with Crippen molar-refractivity contribution in [2.45, 2.75) is 13.3 Å².